The largest absolute Gasteiger partial charge is 0.344 e. The summed E-state index contributed by atoms with van der Waals surface area (Å²) in [6.45, 7) is 4.40. The van der Waals surface area contributed by atoms with Gasteiger partial charge in [0, 0.05) is 34.3 Å². The van der Waals surface area contributed by atoms with Crippen LogP contribution >= 0.6 is 0 Å². The van der Waals surface area contributed by atoms with Gasteiger partial charge < -0.3 is 4.57 Å². The highest BCUT2D eigenvalue weighted by molar-refractivity contribution is 6.17. The molecule has 0 unspecified atom stereocenters. The Kier molecular flexibility index (Phi) is 4.34. The Hall–Kier alpha value is -2.87. The van der Waals surface area contributed by atoms with Crippen molar-refractivity contribution < 1.29 is 4.79 Å². The first-order valence-electron chi connectivity index (χ1n) is 9.36. The molecule has 0 atom stereocenters. The highest BCUT2D eigenvalue weighted by atomic mass is 16.1. The van der Waals surface area contributed by atoms with Crippen molar-refractivity contribution >= 4 is 27.5 Å². The van der Waals surface area contributed by atoms with Crippen LogP contribution in [0.4, 0.5) is 0 Å². The lowest BCUT2D eigenvalue weighted by molar-refractivity contribution is 0.104. The minimum absolute atomic E-state index is 0.0941. The molecule has 3 aromatic carbocycles. The Labute approximate surface area is 154 Å². The molecule has 2 nitrogen and oxygen atoms in total. The first kappa shape index (κ1) is 16.6. The van der Waals surface area contributed by atoms with Gasteiger partial charge in [0.05, 0.1) is 0 Å². The summed E-state index contributed by atoms with van der Waals surface area (Å²) in [5.41, 5.74) is 2.68. The molecule has 0 bridgehead atoms. The van der Waals surface area contributed by atoms with Crippen molar-refractivity contribution in [1.29, 1.82) is 0 Å². The van der Waals surface area contributed by atoms with Crippen LogP contribution in [0.1, 0.15) is 48.7 Å². The van der Waals surface area contributed by atoms with Crippen LogP contribution in [0.3, 0.4) is 0 Å². The van der Waals surface area contributed by atoms with E-state index in [2.05, 4.69) is 48.9 Å². The van der Waals surface area contributed by atoms with Gasteiger partial charge in [-0.1, -0.05) is 68.4 Å². The molecule has 0 amide bonds. The maximum atomic E-state index is 13.3. The van der Waals surface area contributed by atoms with E-state index in [4.69, 9.17) is 0 Å². The van der Waals surface area contributed by atoms with Gasteiger partial charge in [-0.05, 0) is 35.7 Å². The van der Waals surface area contributed by atoms with Crippen LogP contribution in [0.25, 0.3) is 21.7 Å². The zero-order chi connectivity index (χ0) is 18.1. The van der Waals surface area contributed by atoms with E-state index < -0.39 is 0 Å². The molecule has 4 aromatic rings. The van der Waals surface area contributed by atoms with Gasteiger partial charge in [0.2, 0.25) is 0 Å². The number of rotatable bonds is 5. The Morgan fingerprint density at radius 3 is 2.35 bits per heavy atom. The zero-order valence-electron chi connectivity index (χ0n) is 15.3. The van der Waals surface area contributed by atoms with Gasteiger partial charge in [-0.25, -0.2) is 0 Å². The third-order valence-corrected chi connectivity index (χ3v) is 5.33. The normalized spacial score (nSPS) is 11.5. The van der Waals surface area contributed by atoms with Crippen molar-refractivity contribution in [2.24, 2.45) is 0 Å². The SMILES string of the molecule is CCC(CC)n1cc(C(=O)c2ccc3ccccc3c2)c2ccccc21. The van der Waals surface area contributed by atoms with Crippen LogP contribution in [0.2, 0.25) is 0 Å². The summed E-state index contributed by atoms with van der Waals surface area (Å²) in [6, 6.07) is 22.8. The predicted octanol–water partition coefficient (Wildman–Crippen LogP) is 6.39. The monoisotopic (exact) mass is 341 g/mol. The second-order valence-electron chi connectivity index (χ2n) is 6.83. The number of benzene rings is 3. The molecule has 0 radical (unpaired) electrons. The summed E-state index contributed by atoms with van der Waals surface area (Å²) in [4.78, 5) is 13.3. The van der Waals surface area contributed by atoms with E-state index >= 15 is 0 Å². The van der Waals surface area contributed by atoms with Crippen LogP contribution in [0.5, 0.6) is 0 Å². The van der Waals surface area contributed by atoms with Gasteiger partial charge in [-0.3, -0.25) is 4.79 Å². The molecule has 0 aliphatic rings. The predicted molar refractivity (Wildman–Crippen MR) is 109 cm³/mol. The maximum Gasteiger partial charge on any atom is 0.195 e. The van der Waals surface area contributed by atoms with E-state index in [0.717, 1.165) is 45.6 Å². The molecule has 0 saturated carbocycles. The quantitative estimate of drug-likeness (QED) is 0.386. The molecule has 4 rings (SSSR count). The lowest BCUT2D eigenvalue weighted by atomic mass is 10.00. The van der Waals surface area contributed by atoms with E-state index in [1.165, 1.54) is 0 Å². The minimum Gasteiger partial charge on any atom is -0.344 e. The average molecular weight is 341 g/mol. The van der Waals surface area contributed by atoms with Gasteiger partial charge in [0.15, 0.2) is 5.78 Å². The molecule has 0 aliphatic heterocycles. The molecule has 0 saturated heterocycles. The first-order valence-corrected chi connectivity index (χ1v) is 9.36. The van der Waals surface area contributed by atoms with Crippen molar-refractivity contribution in [2.75, 3.05) is 0 Å². The molecule has 1 aromatic heterocycles. The average Bonchev–Trinajstić information content (AvgIpc) is 3.08. The Balaban J connectivity index is 1.86. The fraction of sp³-hybridized carbons (Fsp3) is 0.208. The molecule has 0 fully saturated rings. The molecule has 0 N–H and O–H groups in total. The maximum absolute atomic E-state index is 13.3. The fourth-order valence-electron chi connectivity index (χ4n) is 3.86. The summed E-state index contributed by atoms with van der Waals surface area (Å²) in [6.07, 6.45) is 4.16. The van der Waals surface area contributed by atoms with Gasteiger partial charge in [0.25, 0.3) is 0 Å². The smallest absolute Gasteiger partial charge is 0.195 e. The number of para-hydroxylation sites is 1. The molecular formula is C24H23NO. The molecule has 0 aliphatic carbocycles. The summed E-state index contributed by atoms with van der Waals surface area (Å²) < 4.78 is 2.28. The summed E-state index contributed by atoms with van der Waals surface area (Å²) in [7, 11) is 0. The van der Waals surface area contributed by atoms with E-state index in [1.807, 2.05) is 42.5 Å². The number of ketones is 1. The molecular weight excluding hydrogens is 318 g/mol. The molecule has 1 heterocycles. The fourth-order valence-corrected chi connectivity index (χ4v) is 3.86. The van der Waals surface area contributed by atoms with Crippen LogP contribution in [0, 0.1) is 0 Å². The lowest BCUT2D eigenvalue weighted by Gasteiger charge is -2.16. The van der Waals surface area contributed by atoms with Crippen molar-refractivity contribution in [3.05, 3.63) is 84.1 Å². The number of hydrogen-bond donors (Lipinski definition) is 0. The van der Waals surface area contributed by atoms with E-state index in [1.54, 1.807) is 0 Å². The molecule has 0 spiro atoms. The minimum atomic E-state index is 0.0941. The van der Waals surface area contributed by atoms with Crippen molar-refractivity contribution in [3.63, 3.8) is 0 Å². The number of fused-ring (bicyclic) bond motifs is 2. The topological polar surface area (TPSA) is 22.0 Å². The van der Waals surface area contributed by atoms with Gasteiger partial charge in [-0.2, -0.15) is 0 Å². The Morgan fingerprint density at radius 1 is 0.885 bits per heavy atom. The van der Waals surface area contributed by atoms with Crippen LogP contribution in [0.15, 0.2) is 72.9 Å². The second-order valence-corrected chi connectivity index (χ2v) is 6.83. The lowest BCUT2D eigenvalue weighted by Crippen LogP contribution is -2.06. The highest BCUT2D eigenvalue weighted by Crippen LogP contribution is 2.29. The van der Waals surface area contributed by atoms with Gasteiger partial charge in [0.1, 0.15) is 0 Å². The third kappa shape index (κ3) is 2.72. The van der Waals surface area contributed by atoms with E-state index in [-0.39, 0.29) is 5.78 Å². The van der Waals surface area contributed by atoms with Gasteiger partial charge >= 0.3 is 0 Å². The highest BCUT2D eigenvalue weighted by Gasteiger charge is 2.19. The second kappa shape index (κ2) is 6.80. The number of aromatic nitrogens is 1. The zero-order valence-corrected chi connectivity index (χ0v) is 15.3. The summed E-state index contributed by atoms with van der Waals surface area (Å²) in [5, 5.41) is 3.29. The van der Waals surface area contributed by atoms with Crippen molar-refractivity contribution in [3.8, 4) is 0 Å². The summed E-state index contributed by atoms with van der Waals surface area (Å²) >= 11 is 0. The summed E-state index contributed by atoms with van der Waals surface area (Å²) in [5.74, 6) is 0.0941. The van der Waals surface area contributed by atoms with Gasteiger partial charge in [-0.15, -0.1) is 0 Å². The Bertz CT molecular complexity index is 1090. The first-order chi connectivity index (χ1) is 12.7. The standard InChI is InChI=1S/C24H23NO/c1-3-20(4-2)25-16-22(21-11-7-8-12-23(21)25)24(26)19-14-13-17-9-5-6-10-18(17)15-19/h5-16,20H,3-4H2,1-2H3. The number of hydrogen-bond acceptors (Lipinski definition) is 1. The third-order valence-electron chi connectivity index (χ3n) is 5.33. The number of carbonyl (C=O) groups is 1. The van der Waals surface area contributed by atoms with Crippen LogP contribution in [-0.2, 0) is 0 Å². The van der Waals surface area contributed by atoms with Crippen molar-refractivity contribution in [2.45, 2.75) is 32.7 Å². The van der Waals surface area contributed by atoms with E-state index in [9.17, 15) is 4.79 Å². The van der Waals surface area contributed by atoms with E-state index in [0.29, 0.717) is 6.04 Å². The number of carbonyl (C=O) groups excluding carboxylic acids is 1. The molecule has 2 heteroatoms. The van der Waals surface area contributed by atoms with Crippen molar-refractivity contribution in [1.82, 2.24) is 4.57 Å². The number of nitrogens with zero attached hydrogens (tertiary/aromatic N) is 1. The van der Waals surface area contributed by atoms with Crippen LogP contribution in [-0.4, -0.2) is 10.4 Å². The molecule has 130 valence electrons. The molecule has 26 heavy (non-hydrogen) atoms. The van der Waals surface area contributed by atoms with Crippen LogP contribution < -0.4 is 0 Å². The Morgan fingerprint density at radius 2 is 1.58 bits per heavy atom.